The summed E-state index contributed by atoms with van der Waals surface area (Å²) in [6.07, 6.45) is 2.58. The third-order valence-corrected chi connectivity index (χ3v) is 5.43. The van der Waals surface area contributed by atoms with Gasteiger partial charge in [-0.3, -0.25) is 14.8 Å². The Morgan fingerprint density at radius 2 is 2.04 bits per heavy atom. The van der Waals surface area contributed by atoms with Gasteiger partial charge in [0.15, 0.2) is 0 Å². The van der Waals surface area contributed by atoms with Crippen LogP contribution in [0.4, 0.5) is 0 Å². The first-order valence-corrected chi connectivity index (χ1v) is 9.83. The molecule has 0 amide bonds. The first-order valence-electron chi connectivity index (χ1n) is 9.83. The molecule has 5 heteroatoms. The van der Waals surface area contributed by atoms with E-state index in [1.54, 1.807) is 7.11 Å². The number of aliphatic imine (C=N–C) groups is 1. The van der Waals surface area contributed by atoms with Crippen molar-refractivity contribution in [1.82, 2.24) is 10.3 Å². The minimum atomic E-state index is -0.434. The number of fused-ring (bicyclic) bond motifs is 1. The predicted molar refractivity (Wildman–Crippen MR) is 112 cm³/mol. The summed E-state index contributed by atoms with van der Waals surface area (Å²) < 4.78 is 5.71. The highest BCUT2D eigenvalue weighted by Gasteiger charge is 2.32. The van der Waals surface area contributed by atoms with E-state index in [0.29, 0.717) is 19.4 Å². The van der Waals surface area contributed by atoms with Crippen molar-refractivity contribution in [2.24, 2.45) is 4.99 Å². The van der Waals surface area contributed by atoms with Crippen LogP contribution in [0.5, 0.6) is 0 Å². The van der Waals surface area contributed by atoms with Crippen LogP contribution in [-0.2, 0) is 22.5 Å². The molecular weight excluding hydrogens is 350 g/mol. The molecule has 0 spiro atoms. The molecule has 0 bridgehead atoms. The van der Waals surface area contributed by atoms with Crippen LogP contribution < -0.4 is 5.32 Å². The number of carbonyl (C=O) groups excluding carboxylic acids is 1. The molecule has 148 valence electrons. The smallest absolute Gasteiger partial charge is 0.139 e. The minimum Gasteiger partial charge on any atom is -0.378 e. The van der Waals surface area contributed by atoms with E-state index in [0.717, 1.165) is 34.8 Å². The summed E-state index contributed by atoms with van der Waals surface area (Å²) in [7, 11) is 1.70. The van der Waals surface area contributed by atoms with Gasteiger partial charge in [0.2, 0.25) is 0 Å². The number of amidine groups is 1. The van der Waals surface area contributed by atoms with Crippen LogP contribution in [0.2, 0.25) is 0 Å². The van der Waals surface area contributed by atoms with Gasteiger partial charge < -0.3 is 10.1 Å². The van der Waals surface area contributed by atoms with Crippen LogP contribution in [0.3, 0.4) is 0 Å². The average molecular weight is 380 g/mol. The number of aromatic nitrogens is 1. The second-order valence-electron chi connectivity index (χ2n) is 7.72. The third kappa shape index (κ3) is 4.47. The standard InChI is InChI=1S/C23H29N3O2/c1-5-24-22-20-15-25-18(11-17(20)14-26-22)12-19(27)13-21(23(2,3)28-4)16-9-7-6-8-10-16/h6-11,15,21H,5,12-14H2,1-4H3,(H,24,26)/t21-/m0/s1. The van der Waals surface area contributed by atoms with Crippen molar-refractivity contribution < 1.29 is 9.53 Å². The Bertz CT molecular complexity index is 859. The normalized spacial score (nSPS) is 14.4. The molecule has 1 aromatic carbocycles. The van der Waals surface area contributed by atoms with Gasteiger partial charge in [0.25, 0.3) is 0 Å². The van der Waals surface area contributed by atoms with Gasteiger partial charge in [-0.2, -0.15) is 0 Å². The molecule has 3 rings (SSSR count). The van der Waals surface area contributed by atoms with Crippen LogP contribution >= 0.6 is 0 Å². The van der Waals surface area contributed by atoms with E-state index in [1.165, 1.54) is 0 Å². The number of rotatable bonds is 8. The zero-order chi connectivity index (χ0) is 20.1. The Morgan fingerprint density at radius 1 is 1.29 bits per heavy atom. The number of methoxy groups -OCH3 is 1. The summed E-state index contributed by atoms with van der Waals surface area (Å²) in [6.45, 7) is 7.58. The number of ether oxygens (including phenoxy) is 1. The maximum absolute atomic E-state index is 12.9. The maximum atomic E-state index is 12.9. The Balaban J connectivity index is 1.72. The highest BCUT2D eigenvalue weighted by atomic mass is 16.5. The molecule has 1 aromatic heterocycles. The predicted octanol–water partition coefficient (Wildman–Crippen LogP) is 3.66. The molecule has 1 aliphatic heterocycles. The second kappa shape index (κ2) is 8.65. The highest BCUT2D eigenvalue weighted by molar-refractivity contribution is 6.01. The van der Waals surface area contributed by atoms with Crippen LogP contribution in [0.1, 0.15) is 55.5 Å². The zero-order valence-corrected chi connectivity index (χ0v) is 17.2. The van der Waals surface area contributed by atoms with E-state index in [1.807, 2.05) is 51.2 Å². The first-order chi connectivity index (χ1) is 13.4. The molecule has 1 N–H and O–H groups in total. The van der Waals surface area contributed by atoms with Crippen molar-refractivity contribution in [2.45, 2.75) is 51.7 Å². The summed E-state index contributed by atoms with van der Waals surface area (Å²) in [5.74, 6) is 1.05. The molecular formula is C23H29N3O2. The summed E-state index contributed by atoms with van der Waals surface area (Å²) in [4.78, 5) is 21.9. The molecule has 1 aliphatic rings. The summed E-state index contributed by atoms with van der Waals surface area (Å²) in [5, 5.41) is 3.26. The summed E-state index contributed by atoms with van der Waals surface area (Å²) in [5.41, 5.74) is 3.66. The van der Waals surface area contributed by atoms with Crippen molar-refractivity contribution >= 4 is 11.6 Å². The Labute approximate surface area is 167 Å². The topological polar surface area (TPSA) is 63.6 Å². The fraction of sp³-hybridized carbons (Fsp3) is 0.435. The number of nitrogens with one attached hydrogen (secondary N) is 1. The number of hydrogen-bond acceptors (Lipinski definition) is 5. The van der Waals surface area contributed by atoms with E-state index in [2.05, 4.69) is 27.4 Å². The number of pyridine rings is 1. The van der Waals surface area contributed by atoms with Gasteiger partial charge in [0, 0.05) is 49.9 Å². The minimum absolute atomic E-state index is 0.00989. The quantitative estimate of drug-likeness (QED) is 0.760. The third-order valence-electron chi connectivity index (χ3n) is 5.43. The molecule has 2 aromatic rings. The first kappa shape index (κ1) is 20.2. The fourth-order valence-corrected chi connectivity index (χ4v) is 3.65. The molecule has 28 heavy (non-hydrogen) atoms. The van der Waals surface area contributed by atoms with E-state index >= 15 is 0 Å². The lowest BCUT2D eigenvalue weighted by atomic mass is 9.80. The number of nitrogens with zero attached hydrogens (tertiary/aromatic N) is 2. The van der Waals surface area contributed by atoms with Crippen LogP contribution in [0.15, 0.2) is 47.6 Å². The second-order valence-corrected chi connectivity index (χ2v) is 7.72. The van der Waals surface area contributed by atoms with Crippen LogP contribution in [-0.4, -0.2) is 35.9 Å². The van der Waals surface area contributed by atoms with Gasteiger partial charge in [-0.15, -0.1) is 0 Å². The van der Waals surface area contributed by atoms with E-state index < -0.39 is 5.60 Å². The largest absolute Gasteiger partial charge is 0.378 e. The van der Waals surface area contributed by atoms with Gasteiger partial charge >= 0.3 is 0 Å². The number of Topliss-reactive ketones (excluding diaryl/α,β-unsaturated/α-hetero) is 1. The average Bonchev–Trinajstić information content (AvgIpc) is 3.09. The molecule has 2 heterocycles. The maximum Gasteiger partial charge on any atom is 0.139 e. The van der Waals surface area contributed by atoms with Crippen molar-refractivity contribution in [3.63, 3.8) is 0 Å². The molecule has 0 unspecified atom stereocenters. The van der Waals surface area contributed by atoms with E-state index in [9.17, 15) is 4.79 Å². The highest BCUT2D eigenvalue weighted by Crippen LogP contribution is 2.34. The molecule has 0 aliphatic carbocycles. The number of hydrogen-bond donors (Lipinski definition) is 1. The lowest BCUT2D eigenvalue weighted by Gasteiger charge is -2.33. The molecule has 5 nitrogen and oxygen atoms in total. The van der Waals surface area contributed by atoms with Crippen LogP contribution in [0.25, 0.3) is 0 Å². The Kier molecular flexibility index (Phi) is 6.25. The lowest BCUT2D eigenvalue weighted by Crippen LogP contribution is -2.33. The van der Waals surface area contributed by atoms with Gasteiger partial charge in [0.05, 0.1) is 12.1 Å². The van der Waals surface area contributed by atoms with Gasteiger partial charge in [-0.25, -0.2) is 0 Å². The van der Waals surface area contributed by atoms with Gasteiger partial charge in [-0.05, 0) is 38.0 Å². The molecule has 1 atom stereocenters. The van der Waals surface area contributed by atoms with Gasteiger partial charge in [-0.1, -0.05) is 30.3 Å². The number of benzene rings is 1. The van der Waals surface area contributed by atoms with Crippen molar-refractivity contribution in [3.8, 4) is 0 Å². The molecule has 0 saturated carbocycles. The monoisotopic (exact) mass is 379 g/mol. The van der Waals surface area contributed by atoms with E-state index in [4.69, 9.17) is 4.74 Å². The molecule has 0 fully saturated rings. The van der Waals surface area contributed by atoms with Crippen molar-refractivity contribution in [1.29, 1.82) is 0 Å². The number of ketones is 1. The number of carbonyl (C=O) groups is 1. The fourth-order valence-electron chi connectivity index (χ4n) is 3.65. The Morgan fingerprint density at radius 3 is 2.71 bits per heavy atom. The van der Waals surface area contributed by atoms with E-state index in [-0.39, 0.29) is 11.7 Å². The van der Waals surface area contributed by atoms with Crippen molar-refractivity contribution in [2.75, 3.05) is 13.7 Å². The van der Waals surface area contributed by atoms with Gasteiger partial charge in [0.1, 0.15) is 11.6 Å². The lowest BCUT2D eigenvalue weighted by molar-refractivity contribution is -0.120. The SMILES string of the molecule is CCNC1=NCc2cc(CC(=O)C[C@@H](c3ccccc3)C(C)(C)OC)ncc21. The molecule has 0 radical (unpaired) electrons. The summed E-state index contributed by atoms with van der Waals surface area (Å²) in [6, 6.07) is 12.1. The summed E-state index contributed by atoms with van der Waals surface area (Å²) >= 11 is 0. The van der Waals surface area contributed by atoms with Crippen molar-refractivity contribution in [3.05, 3.63) is 65.0 Å². The van der Waals surface area contributed by atoms with Crippen LogP contribution in [0, 0.1) is 0 Å². The Hall–Kier alpha value is -2.53. The molecule has 0 saturated heterocycles. The zero-order valence-electron chi connectivity index (χ0n) is 17.2.